The molecule has 0 saturated carbocycles. The van der Waals surface area contributed by atoms with Gasteiger partial charge >= 0.3 is 0 Å². The zero-order valence-electron chi connectivity index (χ0n) is 6.54. The molecular weight excluding hydrogens is 154 g/mol. The lowest BCUT2D eigenvalue weighted by atomic mass is 9.83. The van der Waals surface area contributed by atoms with Gasteiger partial charge < -0.3 is 5.32 Å². The highest BCUT2D eigenvalue weighted by atomic mass is 16.2. The zero-order valence-corrected chi connectivity index (χ0v) is 6.54. The quantitative estimate of drug-likeness (QED) is 0.554. The Bertz CT molecular complexity index is 286. The molecule has 0 aromatic carbocycles. The summed E-state index contributed by atoms with van der Waals surface area (Å²) in [6.45, 7) is 0.617. The van der Waals surface area contributed by atoms with Gasteiger partial charge in [0.25, 0.3) is 0 Å². The number of allylic oxidation sites excluding steroid dienone is 2. The smallest absolute Gasteiger partial charge is 0.221 e. The minimum atomic E-state index is -0.217. The van der Waals surface area contributed by atoms with Crippen LogP contribution < -0.4 is 5.32 Å². The molecule has 1 fully saturated rings. The number of ketones is 1. The van der Waals surface area contributed by atoms with Gasteiger partial charge in [-0.15, -0.1) is 0 Å². The summed E-state index contributed by atoms with van der Waals surface area (Å²) in [5.41, 5.74) is -0.217. The molecule has 0 unspecified atom stereocenters. The first-order chi connectivity index (χ1) is 5.70. The summed E-state index contributed by atoms with van der Waals surface area (Å²) in [7, 11) is 0. The summed E-state index contributed by atoms with van der Waals surface area (Å²) in [4.78, 5) is 21.7. The topological polar surface area (TPSA) is 46.2 Å². The van der Waals surface area contributed by atoms with Crippen molar-refractivity contribution in [2.24, 2.45) is 5.41 Å². The summed E-state index contributed by atoms with van der Waals surface area (Å²) in [6.07, 6.45) is 7.15. The molecule has 0 aromatic rings. The highest BCUT2D eigenvalue weighted by molar-refractivity contribution is 6.00. The third-order valence-corrected chi connectivity index (χ3v) is 2.26. The third-order valence-electron chi connectivity index (χ3n) is 2.26. The standard InChI is InChI=1S/C9H9NO2/c11-7-1-3-9(4-2-7)5-8(12)10-6-9/h1-4H,5-6H2,(H,10,12). The van der Waals surface area contributed by atoms with E-state index in [4.69, 9.17) is 0 Å². The molecule has 0 aromatic heterocycles. The van der Waals surface area contributed by atoms with E-state index in [0.29, 0.717) is 13.0 Å². The van der Waals surface area contributed by atoms with E-state index in [0.717, 1.165) is 0 Å². The lowest BCUT2D eigenvalue weighted by molar-refractivity contribution is -0.119. The Morgan fingerprint density at radius 2 is 1.92 bits per heavy atom. The van der Waals surface area contributed by atoms with Crippen LogP contribution in [0.15, 0.2) is 24.3 Å². The summed E-state index contributed by atoms with van der Waals surface area (Å²) in [5.74, 6) is 0.0543. The molecule has 1 aliphatic carbocycles. The Kier molecular flexibility index (Phi) is 1.40. The van der Waals surface area contributed by atoms with Crippen LogP contribution in [0.1, 0.15) is 6.42 Å². The molecule has 1 amide bonds. The second kappa shape index (κ2) is 2.30. The fourth-order valence-electron chi connectivity index (χ4n) is 1.53. The first-order valence-corrected chi connectivity index (χ1v) is 3.89. The van der Waals surface area contributed by atoms with Gasteiger partial charge in [-0.1, -0.05) is 12.2 Å². The Morgan fingerprint density at radius 1 is 1.25 bits per heavy atom. The van der Waals surface area contributed by atoms with Crippen molar-refractivity contribution in [2.45, 2.75) is 6.42 Å². The minimum absolute atomic E-state index is 0.0000241. The van der Waals surface area contributed by atoms with Crippen LogP contribution in [0.5, 0.6) is 0 Å². The number of carbonyl (C=O) groups is 2. The predicted octanol–water partition coefficient (Wildman–Crippen LogP) is 0.188. The van der Waals surface area contributed by atoms with Crippen LogP contribution >= 0.6 is 0 Å². The van der Waals surface area contributed by atoms with Gasteiger partial charge in [0.15, 0.2) is 5.78 Å². The van der Waals surface area contributed by atoms with Crippen molar-refractivity contribution in [1.82, 2.24) is 5.32 Å². The molecule has 1 aliphatic heterocycles. The molecule has 0 radical (unpaired) electrons. The number of hydrogen-bond donors (Lipinski definition) is 1. The fraction of sp³-hybridized carbons (Fsp3) is 0.333. The van der Waals surface area contributed by atoms with Crippen LogP contribution in [-0.2, 0) is 9.59 Å². The monoisotopic (exact) mass is 163 g/mol. The molecule has 3 nitrogen and oxygen atoms in total. The van der Waals surface area contributed by atoms with E-state index in [-0.39, 0.29) is 17.1 Å². The van der Waals surface area contributed by atoms with E-state index < -0.39 is 0 Å². The van der Waals surface area contributed by atoms with Crippen molar-refractivity contribution < 1.29 is 9.59 Å². The van der Waals surface area contributed by atoms with Gasteiger partial charge in [0.05, 0.1) is 0 Å². The van der Waals surface area contributed by atoms with Crippen LogP contribution in [-0.4, -0.2) is 18.2 Å². The molecule has 1 spiro atoms. The first-order valence-electron chi connectivity index (χ1n) is 3.89. The SMILES string of the molecule is O=C1C=CC2(C=C1)CNC(=O)C2. The Morgan fingerprint density at radius 3 is 2.42 bits per heavy atom. The second-order valence-corrected chi connectivity index (χ2v) is 3.26. The van der Waals surface area contributed by atoms with Crippen LogP contribution in [0, 0.1) is 5.41 Å². The van der Waals surface area contributed by atoms with Gasteiger partial charge in [0, 0.05) is 18.4 Å². The van der Waals surface area contributed by atoms with E-state index >= 15 is 0 Å². The Balaban J connectivity index is 2.25. The van der Waals surface area contributed by atoms with Crippen LogP contribution in [0.4, 0.5) is 0 Å². The molecular formula is C9H9NO2. The highest BCUT2D eigenvalue weighted by Gasteiger charge is 2.35. The van der Waals surface area contributed by atoms with Crippen molar-refractivity contribution in [3.63, 3.8) is 0 Å². The van der Waals surface area contributed by atoms with E-state index in [2.05, 4.69) is 5.32 Å². The normalized spacial score (nSPS) is 25.0. The molecule has 1 heterocycles. The molecule has 0 atom stereocenters. The molecule has 1 N–H and O–H groups in total. The average molecular weight is 163 g/mol. The van der Waals surface area contributed by atoms with E-state index in [1.165, 1.54) is 12.2 Å². The fourth-order valence-corrected chi connectivity index (χ4v) is 1.53. The van der Waals surface area contributed by atoms with E-state index in [1.54, 1.807) is 0 Å². The van der Waals surface area contributed by atoms with Gasteiger partial charge in [0.2, 0.25) is 5.91 Å². The number of amides is 1. The lowest BCUT2D eigenvalue weighted by Gasteiger charge is -2.19. The summed E-state index contributed by atoms with van der Waals surface area (Å²) < 4.78 is 0. The van der Waals surface area contributed by atoms with Gasteiger partial charge in [-0.2, -0.15) is 0 Å². The van der Waals surface area contributed by atoms with Crippen molar-refractivity contribution in [3.8, 4) is 0 Å². The van der Waals surface area contributed by atoms with Crippen LogP contribution in [0.25, 0.3) is 0 Å². The largest absolute Gasteiger partial charge is 0.355 e. The van der Waals surface area contributed by atoms with E-state index in [9.17, 15) is 9.59 Å². The Hall–Kier alpha value is -1.38. The molecule has 3 heteroatoms. The maximum atomic E-state index is 10.9. The maximum absolute atomic E-state index is 10.9. The molecule has 0 bridgehead atoms. The van der Waals surface area contributed by atoms with Crippen LogP contribution in [0.3, 0.4) is 0 Å². The zero-order chi connectivity index (χ0) is 8.60. The molecule has 12 heavy (non-hydrogen) atoms. The molecule has 1 saturated heterocycles. The summed E-state index contributed by atoms with van der Waals surface area (Å²) in [5, 5.41) is 2.74. The Labute approximate surface area is 70.1 Å². The lowest BCUT2D eigenvalue weighted by Crippen LogP contribution is -2.21. The van der Waals surface area contributed by atoms with Crippen molar-refractivity contribution >= 4 is 11.7 Å². The number of hydrogen-bond acceptors (Lipinski definition) is 2. The summed E-state index contributed by atoms with van der Waals surface area (Å²) >= 11 is 0. The summed E-state index contributed by atoms with van der Waals surface area (Å²) in [6, 6.07) is 0. The number of nitrogens with one attached hydrogen (secondary N) is 1. The third kappa shape index (κ3) is 1.07. The van der Waals surface area contributed by atoms with Crippen LogP contribution in [0.2, 0.25) is 0 Å². The average Bonchev–Trinajstić information content (AvgIpc) is 2.40. The molecule has 62 valence electrons. The maximum Gasteiger partial charge on any atom is 0.221 e. The van der Waals surface area contributed by atoms with E-state index in [1.807, 2.05) is 12.2 Å². The van der Waals surface area contributed by atoms with Crippen molar-refractivity contribution in [1.29, 1.82) is 0 Å². The van der Waals surface area contributed by atoms with Crippen molar-refractivity contribution in [2.75, 3.05) is 6.54 Å². The second-order valence-electron chi connectivity index (χ2n) is 3.26. The highest BCUT2D eigenvalue weighted by Crippen LogP contribution is 2.31. The van der Waals surface area contributed by atoms with Gasteiger partial charge in [0.1, 0.15) is 0 Å². The molecule has 2 aliphatic rings. The van der Waals surface area contributed by atoms with Crippen molar-refractivity contribution in [3.05, 3.63) is 24.3 Å². The predicted molar refractivity (Wildman–Crippen MR) is 43.3 cm³/mol. The number of rotatable bonds is 0. The minimum Gasteiger partial charge on any atom is -0.355 e. The van der Waals surface area contributed by atoms with Gasteiger partial charge in [-0.05, 0) is 12.2 Å². The van der Waals surface area contributed by atoms with Gasteiger partial charge in [-0.25, -0.2) is 0 Å². The first kappa shape index (κ1) is 7.28. The number of carbonyl (C=O) groups excluding carboxylic acids is 2. The molecule has 2 rings (SSSR count). The van der Waals surface area contributed by atoms with Gasteiger partial charge in [-0.3, -0.25) is 9.59 Å².